The smallest absolute Gasteiger partial charge is 0.243 e. The van der Waals surface area contributed by atoms with Crippen LogP contribution in [0.5, 0.6) is 0 Å². The first-order chi connectivity index (χ1) is 16.5. The number of benzene rings is 1. The molecule has 0 bridgehead atoms. The second-order valence-electron chi connectivity index (χ2n) is 9.60. The van der Waals surface area contributed by atoms with Gasteiger partial charge in [-0.05, 0) is 75.9 Å². The molecule has 5 rings (SSSR count). The van der Waals surface area contributed by atoms with E-state index >= 15 is 0 Å². The number of amides is 1. The summed E-state index contributed by atoms with van der Waals surface area (Å²) in [5.74, 6) is 1.43. The molecule has 2 aliphatic heterocycles. The molecular formula is C24H33N5O4S. The zero-order chi connectivity index (χ0) is 23.7. The lowest BCUT2D eigenvalue weighted by Gasteiger charge is -2.31. The Balaban J connectivity index is 1.15. The average molecular weight is 488 g/mol. The van der Waals surface area contributed by atoms with Crippen molar-refractivity contribution in [1.29, 1.82) is 0 Å². The van der Waals surface area contributed by atoms with Crippen LogP contribution in [-0.2, 0) is 14.8 Å². The number of rotatable bonds is 8. The van der Waals surface area contributed by atoms with Crippen molar-refractivity contribution in [2.75, 3.05) is 32.7 Å². The molecule has 2 saturated heterocycles. The molecule has 34 heavy (non-hydrogen) atoms. The van der Waals surface area contributed by atoms with Crippen LogP contribution in [0.25, 0.3) is 11.4 Å². The molecule has 3 fully saturated rings. The van der Waals surface area contributed by atoms with Crippen molar-refractivity contribution in [3.8, 4) is 11.4 Å². The largest absolute Gasteiger partial charge is 0.354 e. The fourth-order valence-electron chi connectivity index (χ4n) is 5.04. The highest BCUT2D eigenvalue weighted by molar-refractivity contribution is 7.89. The van der Waals surface area contributed by atoms with E-state index in [2.05, 4.69) is 27.3 Å². The number of carbonyl (C=O) groups excluding carboxylic acids is 1. The normalized spacial score (nSPS) is 22.8. The van der Waals surface area contributed by atoms with E-state index in [0.29, 0.717) is 56.2 Å². The van der Waals surface area contributed by atoms with Crippen molar-refractivity contribution in [2.24, 2.45) is 5.92 Å². The molecule has 10 heteroatoms. The van der Waals surface area contributed by atoms with Crippen molar-refractivity contribution in [2.45, 2.75) is 62.3 Å². The van der Waals surface area contributed by atoms with Crippen LogP contribution in [-0.4, -0.2) is 72.4 Å². The number of likely N-dealkylation sites (tertiary alicyclic amines) is 1. The van der Waals surface area contributed by atoms with Crippen molar-refractivity contribution in [3.63, 3.8) is 0 Å². The van der Waals surface area contributed by atoms with Gasteiger partial charge in [-0.3, -0.25) is 9.69 Å². The Bertz CT molecular complexity index is 1100. The van der Waals surface area contributed by atoms with Gasteiger partial charge in [-0.1, -0.05) is 12.1 Å². The first-order valence-electron chi connectivity index (χ1n) is 12.4. The van der Waals surface area contributed by atoms with E-state index in [0.717, 1.165) is 37.9 Å². The molecule has 1 aliphatic carbocycles. The lowest BCUT2D eigenvalue weighted by Crippen LogP contribution is -2.45. The molecule has 3 heterocycles. The first-order valence-corrected chi connectivity index (χ1v) is 13.9. The molecule has 9 nitrogen and oxygen atoms in total. The number of piperidine rings is 1. The molecule has 0 radical (unpaired) electrons. The van der Waals surface area contributed by atoms with Crippen molar-refractivity contribution < 1.29 is 17.7 Å². The van der Waals surface area contributed by atoms with Crippen LogP contribution < -0.4 is 5.32 Å². The zero-order valence-corrected chi connectivity index (χ0v) is 20.5. The molecule has 1 aromatic heterocycles. The van der Waals surface area contributed by atoms with Crippen LogP contribution >= 0.6 is 0 Å². The van der Waals surface area contributed by atoms with E-state index in [1.54, 1.807) is 24.3 Å². The second kappa shape index (κ2) is 9.75. The molecule has 1 aromatic carbocycles. The standard InChI is InChI=1S/C24H33N5O4S/c1-2-28-13-3-4-20(28)16-25-23(30)18-11-14-29(15-12-18)34(31,32)21-9-7-17(8-10-21)22-26-24(33-27-22)19-5-6-19/h7-10,18-20H,2-6,11-16H2,1H3,(H,25,30). The van der Waals surface area contributed by atoms with Gasteiger partial charge in [0.25, 0.3) is 0 Å². The highest BCUT2D eigenvalue weighted by atomic mass is 32.2. The van der Waals surface area contributed by atoms with Crippen LogP contribution in [0.2, 0.25) is 0 Å². The van der Waals surface area contributed by atoms with E-state index in [1.807, 2.05) is 0 Å². The number of hydrogen-bond donors (Lipinski definition) is 1. The zero-order valence-electron chi connectivity index (χ0n) is 19.6. The van der Waals surface area contributed by atoms with Gasteiger partial charge in [0.05, 0.1) is 4.90 Å². The van der Waals surface area contributed by atoms with Gasteiger partial charge in [-0.15, -0.1) is 0 Å². The third kappa shape index (κ3) is 4.89. The van der Waals surface area contributed by atoms with Gasteiger partial charge in [0.2, 0.25) is 27.6 Å². The van der Waals surface area contributed by atoms with Crippen molar-refractivity contribution >= 4 is 15.9 Å². The van der Waals surface area contributed by atoms with E-state index in [1.165, 1.54) is 10.7 Å². The number of likely N-dealkylation sites (N-methyl/N-ethyl adjacent to an activating group) is 1. The van der Waals surface area contributed by atoms with Crippen LogP contribution in [0.1, 0.15) is 57.3 Å². The summed E-state index contributed by atoms with van der Waals surface area (Å²) in [6.45, 7) is 5.64. The highest BCUT2D eigenvalue weighted by Crippen LogP contribution is 2.39. The maximum atomic E-state index is 13.2. The minimum atomic E-state index is -3.61. The maximum Gasteiger partial charge on any atom is 0.243 e. The van der Waals surface area contributed by atoms with Gasteiger partial charge >= 0.3 is 0 Å². The molecular weight excluding hydrogens is 454 g/mol. The Morgan fingerprint density at radius 2 is 1.82 bits per heavy atom. The van der Waals surface area contributed by atoms with E-state index in [-0.39, 0.29) is 16.7 Å². The fourth-order valence-corrected chi connectivity index (χ4v) is 6.51. The SMILES string of the molecule is CCN1CCCC1CNC(=O)C1CCN(S(=O)(=O)c2ccc(-c3noc(C4CC4)n3)cc2)CC1. The Morgan fingerprint density at radius 3 is 2.50 bits per heavy atom. The fraction of sp³-hybridized carbons (Fsp3) is 0.625. The van der Waals surface area contributed by atoms with Crippen molar-refractivity contribution in [1.82, 2.24) is 24.7 Å². The Morgan fingerprint density at radius 1 is 1.09 bits per heavy atom. The molecule has 0 spiro atoms. The summed E-state index contributed by atoms with van der Waals surface area (Å²) in [5, 5.41) is 7.13. The van der Waals surface area contributed by atoms with E-state index < -0.39 is 10.0 Å². The van der Waals surface area contributed by atoms with Crippen LogP contribution in [0.4, 0.5) is 0 Å². The predicted molar refractivity (Wildman–Crippen MR) is 126 cm³/mol. The molecule has 2 aromatic rings. The summed E-state index contributed by atoms with van der Waals surface area (Å²) >= 11 is 0. The summed E-state index contributed by atoms with van der Waals surface area (Å²) < 4.78 is 33.1. The van der Waals surface area contributed by atoms with Gasteiger partial charge in [-0.2, -0.15) is 9.29 Å². The quantitative estimate of drug-likeness (QED) is 0.610. The number of carbonyl (C=O) groups is 1. The van der Waals surface area contributed by atoms with Crippen molar-refractivity contribution in [3.05, 3.63) is 30.2 Å². The van der Waals surface area contributed by atoms with E-state index in [4.69, 9.17) is 4.52 Å². The molecule has 1 atom stereocenters. The molecule has 1 saturated carbocycles. The van der Waals surface area contributed by atoms with Crippen LogP contribution in [0, 0.1) is 5.92 Å². The first kappa shape index (κ1) is 23.4. The Kier molecular flexibility index (Phi) is 6.72. The number of hydrogen-bond acceptors (Lipinski definition) is 7. The number of nitrogens with zero attached hydrogens (tertiary/aromatic N) is 4. The minimum Gasteiger partial charge on any atom is -0.354 e. The summed E-state index contributed by atoms with van der Waals surface area (Å²) in [5.41, 5.74) is 0.730. The number of aromatic nitrogens is 2. The average Bonchev–Trinajstić information content (AvgIpc) is 3.41. The summed E-state index contributed by atoms with van der Waals surface area (Å²) in [4.78, 5) is 19.7. The van der Waals surface area contributed by atoms with Gasteiger partial charge in [-0.25, -0.2) is 8.42 Å². The molecule has 3 aliphatic rings. The summed E-state index contributed by atoms with van der Waals surface area (Å²) in [6, 6.07) is 7.05. The van der Waals surface area contributed by atoms with Crippen LogP contribution in [0.3, 0.4) is 0 Å². The van der Waals surface area contributed by atoms with Gasteiger partial charge in [0.1, 0.15) is 0 Å². The van der Waals surface area contributed by atoms with Gasteiger partial charge in [0.15, 0.2) is 0 Å². The third-order valence-corrected chi connectivity index (χ3v) is 9.27. The Hall–Kier alpha value is -2.30. The highest BCUT2D eigenvalue weighted by Gasteiger charge is 2.33. The van der Waals surface area contributed by atoms with Gasteiger partial charge in [0, 0.05) is 43.1 Å². The molecule has 184 valence electrons. The molecule has 1 unspecified atom stereocenters. The predicted octanol–water partition coefficient (Wildman–Crippen LogP) is 2.62. The van der Waals surface area contributed by atoms with Gasteiger partial charge < -0.3 is 9.84 Å². The second-order valence-corrected chi connectivity index (χ2v) is 11.5. The molecule has 1 amide bonds. The summed E-state index contributed by atoms with van der Waals surface area (Å²) in [7, 11) is -3.61. The third-order valence-electron chi connectivity index (χ3n) is 7.36. The minimum absolute atomic E-state index is 0.0510. The number of nitrogens with one attached hydrogen (secondary N) is 1. The lowest BCUT2D eigenvalue weighted by atomic mass is 9.97. The molecule has 1 N–H and O–H groups in total. The number of sulfonamides is 1. The monoisotopic (exact) mass is 487 g/mol. The van der Waals surface area contributed by atoms with Crippen LogP contribution in [0.15, 0.2) is 33.7 Å². The van der Waals surface area contributed by atoms with E-state index in [9.17, 15) is 13.2 Å². The maximum absolute atomic E-state index is 13.2. The summed E-state index contributed by atoms with van der Waals surface area (Å²) in [6.07, 6.45) is 5.54. The lowest BCUT2D eigenvalue weighted by molar-refractivity contribution is -0.126. The topological polar surface area (TPSA) is 109 Å². The Labute approximate surface area is 200 Å².